The van der Waals surface area contributed by atoms with Crippen molar-refractivity contribution in [2.24, 2.45) is 29.6 Å². The maximum Gasteiger partial charge on any atom is 0.328 e. The maximum absolute atomic E-state index is 12.8. The highest BCUT2D eigenvalue weighted by molar-refractivity contribution is 5.84. The molecule has 1 heterocycles. The van der Waals surface area contributed by atoms with E-state index in [1.807, 2.05) is 27.7 Å². The number of hydrogen-bond donors (Lipinski definition) is 6. The van der Waals surface area contributed by atoms with Gasteiger partial charge in [0.05, 0.1) is 36.9 Å². The Morgan fingerprint density at radius 2 is 1.54 bits per heavy atom. The molecule has 12 atom stereocenters. The van der Waals surface area contributed by atoms with Crippen molar-refractivity contribution >= 4 is 11.9 Å². The summed E-state index contributed by atoms with van der Waals surface area (Å²) in [5.41, 5.74) is 0. The van der Waals surface area contributed by atoms with Crippen LogP contribution in [0.4, 0.5) is 0 Å². The number of aliphatic hydroxyl groups is 5. The normalized spacial score (nSPS) is 34.6. The third kappa shape index (κ3) is 10.3. The van der Waals surface area contributed by atoms with Gasteiger partial charge < -0.3 is 35.6 Å². The fraction of sp³-hybridized carbons (Fsp3) is 0.923. The van der Waals surface area contributed by atoms with E-state index in [1.165, 1.54) is 6.92 Å². The molecule has 0 saturated carbocycles. The largest absolute Gasteiger partial charge is 0.460 e. The number of aliphatic hydroxyl groups excluding tert-OH is 5. The Labute approximate surface area is 210 Å². The monoisotopic (exact) mass is 503 g/mol. The summed E-state index contributed by atoms with van der Waals surface area (Å²) in [5, 5.41) is 54.0. The summed E-state index contributed by atoms with van der Waals surface area (Å²) in [6.07, 6.45) is -3.54. The van der Waals surface area contributed by atoms with Gasteiger partial charge in [-0.25, -0.2) is 4.79 Å². The number of amides is 1. The van der Waals surface area contributed by atoms with Gasteiger partial charge in [0.15, 0.2) is 0 Å². The van der Waals surface area contributed by atoms with Gasteiger partial charge in [0.2, 0.25) is 5.91 Å². The smallest absolute Gasteiger partial charge is 0.328 e. The Morgan fingerprint density at radius 1 is 0.943 bits per heavy atom. The van der Waals surface area contributed by atoms with E-state index in [2.05, 4.69) is 5.32 Å². The molecule has 0 radical (unpaired) electrons. The second-order valence-corrected chi connectivity index (χ2v) is 11.2. The van der Waals surface area contributed by atoms with E-state index in [0.717, 1.165) is 0 Å². The van der Waals surface area contributed by atoms with Crippen LogP contribution in [0.25, 0.3) is 0 Å². The van der Waals surface area contributed by atoms with Crippen molar-refractivity contribution in [2.45, 2.75) is 123 Å². The number of carbonyl (C=O) groups excluding carboxylic acids is 2. The molecule has 6 N–H and O–H groups in total. The fourth-order valence-corrected chi connectivity index (χ4v) is 5.24. The highest BCUT2D eigenvalue weighted by Crippen LogP contribution is 2.32. The SMILES string of the molecule is C[C@@H]([C@@H](O)[C@@H](C)C[C@H](C)C1OC(=O)[C@@H](C)NC(=O)C[C@@H](O)C[C@H](O)[C@H](C)C[C@H]1C)[C@H](O)C[C@H](C)O. The number of hydrogen-bond acceptors (Lipinski definition) is 8. The molecule has 1 unspecified atom stereocenters. The summed E-state index contributed by atoms with van der Waals surface area (Å²) in [7, 11) is 0. The first-order valence-electron chi connectivity index (χ1n) is 13.0. The average molecular weight is 504 g/mol. The standard InChI is InChI=1S/C26H49NO8/c1-13-8-15(3)25(16(4)9-14(2)24(33)18(6)22(31)10-17(5)28)35-26(34)19(7)27-23(32)12-20(29)11-21(13)30/h13-22,24-25,28-31,33H,8-12H2,1-7H3,(H,27,32)/t13-,14+,15-,16+,17+,18-,19-,20+,21+,22-,24+,25?/m1/s1. The minimum Gasteiger partial charge on any atom is -0.460 e. The third-order valence-corrected chi connectivity index (χ3v) is 7.49. The van der Waals surface area contributed by atoms with Gasteiger partial charge in [-0.3, -0.25) is 4.79 Å². The molecule has 0 aliphatic carbocycles. The maximum atomic E-state index is 12.8. The van der Waals surface area contributed by atoms with Crippen LogP contribution in [-0.2, 0) is 14.3 Å². The summed E-state index contributed by atoms with van der Waals surface area (Å²) < 4.78 is 5.89. The molecule has 35 heavy (non-hydrogen) atoms. The minimum absolute atomic E-state index is 0.0700. The van der Waals surface area contributed by atoms with Gasteiger partial charge in [0, 0.05) is 5.92 Å². The summed E-state index contributed by atoms with van der Waals surface area (Å²) in [6, 6.07) is -0.890. The lowest BCUT2D eigenvalue weighted by molar-refractivity contribution is -0.159. The summed E-state index contributed by atoms with van der Waals surface area (Å²) in [5.74, 6) is -2.17. The zero-order chi connectivity index (χ0) is 27.0. The highest BCUT2D eigenvalue weighted by Gasteiger charge is 2.36. The molecule has 9 heteroatoms. The predicted molar refractivity (Wildman–Crippen MR) is 132 cm³/mol. The molecule has 0 aromatic carbocycles. The van der Waals surface area contributed by atoms with Crippen molar-refractivity contribution in [3.63, 3.8) is 0 Å². The number of nitrogens with one attached hydrogen (secondary N) is 1. The number of cyclic esters (lactones) is 1. The first-order valence-corrected chi connectivity index (χ1v) is 13.0. The van der Waals surface area contributed by atoms with Crippen LogP contribution in [0.2, 0.25) is 0 Å². The second kappa shape index (κ2) is 14.5. The van der Waals surface area contributed by atoms with Crippen molar-refractivity contribution in [3.05, 3.63) is 0 Å². The van der Waals surface area contributed by atoms with Crippen LogP contribution in [0.1, 0.15) is 80.6 Å². The lowest BCUT2D eigenvalue weighted by atomic mass is 9.78. The summed E-state index contributed by atoms with van der Waals surface area (Å²) in [4.78, 5) is 25.0. The number of ether oxygens (including phenoxy) is 1. The first kappa shape index (κ1) is 31.8. The number of esters is 1. The molecular formula is C26H49NO8. The average Bonchev–Trinajstić information content (AvgIpc) is 2.74. The van der Waals surface area contributed by atoms with Crippen molar-refractivity contribution in [3.8, 4) is 0 Å². The second-order valence-electron chi connectivity index (χ2n) is 11.2. The summed E-state index contributed by atoms with van der Waals surface area (Å²) in [6.45, 7) is 12.5. The zero-order valence-corrected chi connectivity index (χ0v) is 22.4. The Bertz CT molecular complexity index is 659. The molecule has 9 nitrogen and oxygen atoms in total. The molecule has 1 saturated heterocycles. The molecule has 1 fully saturated rings. The Balaban J connectivity index is 3.03. The lowest BCUT2D eigenvalue weighted by Crippen LogP contribution is -2.44. The molecule has 1 amide bonds. The minimum atomic E-state index is -1.00. The van der Waals surface area contributed by atoms with Crippen LogP contribution >= 0.6 is 0 Å². The molecule has 1 aliphatic heterocycles. The molecule has 206 valence electrons. The topological polar surface area (TPSA) is 157 Å². The van der Waals surface area contributed by atoms with Crippen molar-refractivity contribution in [1.82, 2.24) is 5.32 Å². The van der Waals surface area contributed by atoms with E-state index in [-0.39, 0.29) is 42.9 Å². The number of rotatable bonds is 8. The van der Waals surface area contributed by atoms with Gasteiger partial charge in [-0.2, -0.15) is 0 Å². The van der Waals surface area contributed by atoms with Crippen LogP contribution in [0.5, 0.6) is 0 Å². The Hall–Kier alpha value is -1.26. The zero-order valence-electron chi connectivity index (χ0n) is 22.4. The molecular weight excluding hydrogens is 454 g/mol. The van der Waals surface area contributed by atoms with Crippen LogP contribution in [0.3, 0.4) is 0 Å². The summed E-state index contributed by atoms with van der Waals surface area (Å²) >= 11 is 0. The van der Waals surface area contributed by atoms with Gasteiger partial charge in [-0.1, -0.05) is 34.6 Å². The van der Waals surface area contributed by atoms with Crippen LogP contribution in [0, 0.1) is 29.6 Å². The highest BCUT2D eigenvalue weighted by atomic mass is 16.5. The lowest BCUT2D eigenvalue weighted by Gasteiger charge is -2.35. The molecule has 1 rings (SSSR count). The van der Waals surface area contributed by atoms with Gasteiger partial charge in [-0.05, 0) is 63.2 Å². The van der Waals surface area contributed by atoms with Gasteiger partial charge in [-0.15, -0.1) is 0 Å². The fourth-order valence-electron chi connectivity index (χ4n) is 5.24. The molecule has 0 aromatic rings. The van der Waals surface area contributed by atoms with Crippen molar-refractivity contribution in [2.75, 3.05) is 0 Å². The molecule has 0 aromatic heterocycles. The number of carbonyl (C=O) groups is 2. The van der Waals surface area contributed by atoms with Crippen LogP contribution in [-0.4, -0.2) is 80.1 Å². The van der Waals surface area contributed by atoms with Crippen LogP contribution in [0.15, 0.2) is 0 Å². The van der Waals surface area contributed by atoms with Crippen molar-refractivity contribution in [1.29, 1.82) is 0 Å². The predicted octanol–water partition coefficient (Wildman–Crippen LogP) is 1.37. The van der Waals surface area contributed by atoms with E-state index in [0.29, 0.717) is 12.8 Å². The van der Waals surface area contributed by atoms with Crippen molar-refractivity contribution < 1.29 is 39.9 Å². The Kier molecular flexibility index (Phi) is 13.1. The molecule has 1 aliphatic rings. The van der Waals surface area contributed by atoms with Gasteiger partial charge >= 0.3 is 5.97 Å². The van der Waals surface area contributed by atoms with E-state index in [9.17, 15) is 35.1 Å². The van der Waals surface area contributed by atoms with Gasteiger partial charge in [0.25, 0.3) is 0 Å². The van der Waals surface area contributed by atoms with E-state index >= 15 is 0 Å². The van der Waals surface area contributed by atoms with E-state index < -0.39 is 60.5 Å². The molecule has 0 spiro atoms. The third-order valence-electron chi connectivity index (χ3n) is 7.49. The quantitative estimate of drug-likeness (QED) is 0.271. The molecule has 0 bridgehead atoms. The van der Waals surface area contributed by atoms with E-state index in [4.69, 9.17) is 4.74 Å². The first-order chi connectivity index (χ1) is 16.1. The Morgan fingerprint density at radius 3 is 2.11 bits per heavy atom. The van der Waals surface area contributed by atoms with Gasteiger partial charge in [0.1, 0.15) is 12.1 Å². The van der Waals surface area contributed by atoms with E-state index in [1.54, 1.807) is 13.8 Å². The van der Waals surface area contributed by atoms with Crippen LogP contribution < -0.4 is 5.32 Å².